The van der Waals surface area contributed by atoms with Crippen molar-refractivity contribution in [3.63, 3.8) is 0 Å². The van der Waals surface area contributed by atoms with E-state index in [2.05, 4.69) is 30.9 Å². The van der Waals surface area contributed by atoms with Crippen molar-refractivity contribution in [3.05, 3.63) is 52.4 Å². The summed E-state index contributed by atoms with van der Waals surface area (Å²) in [6.45, 7) is -1.66. The summed E-state index contributed by atoms with van der Waals surface area (Å²) >= 11 is 3.27. The van der Waals surface area contributed by atoms with Gasteiger partial charge in [0, 0.05) is 35.8 Å². The van der Waals surface area contributed by atoms with E-state index in [0.717, 1.165) is 35.3 Å². The average Bonchev–Trinajstić information content (AvgIpc) is 4.13. The lowest BCUT2D eigenvalue weighted by atomic mass is 9.99. The van der Waals surface area contributed by atoms with Gasteiger partial charge in [0.25, 0.3) is 0 Å². The first-order chi connectivity index (χ1) is 33.1. The van der Waals surface area contributed by atoms with Gasteiger partial charge in [-0.1, -0.05) is 15.6 Å². The highest BCUT2D eigenvalue weighted by molar-refractivity contribution is 7.99. The molecule has 1 aromatic carbocycles. The zero-order valence-electron chi connectivity index (χ0n) is 37.3. The average molecular weight is 1040 g/mol. The third-order valence-electron chi connectivity index (χ3n) is 11.7. The van der Waals surface area contributed by atoms with Crippen LogP contribution < -0.4 is 14.2 Å². The fraction of sp³-hybridized carbons (Fsp3) is 0.692. The first kappa shape index (κ1) is 53.3. The minimum absolute atomic E-state index is 0.0186. The molecule has 4 aromatic rings. The summed E-state index contributed by atoms with van der Waals surface area (Å²) in [6, 6.07) is 0. The molecule has 30 heteroatoms. The molecule has 15 atom stereocenters. The second-order valence-electron chi connectivity index (χ2n) is 16.3. The lowest BCUT2D eigenvalue weighted by molar-refractivity contribution is -0.205. The Morgan fingerprint density at radius 2 is 0.696 bits per heavy atom. The van der Waals surface area contributed by atoms with Crippen LogP contribution in [0.25, 0.3) is 0 Å². The van der Waals surface area contributed by atoms with E-state index in [1.165, 1.54) is 35.4 Å². The van der Waals surface area contributed by atoms with E-state index in [1.54, 1.807) is 18.6 Å². The van der Waals surface area contributed by atoms with Crippen LogP contribution >= 0.6 is 35.3 Å². The van der Waals surface area contributed by atoms with Gasteiger partial charge in [-0.25, -0.2) is 14.0 Å². The second kappa shape index (κ2) is 23.8. The van der Waals surface area contributed by atoms with Crippen molar-refractivity contribution in [2.45, 2.75) is 126 Å². The number of nitrogens with zero attached hydrogens (tertiary/aromatic N) is 9. The summed E-state index contributed by atoms with van der Waals surface area (Å²) in [6.07, 6.45) is -11.8. The van der Waals surface area contributed by atoms with Crippen molar-refractivity contribution in [2.75, 3.05) is 41.2 Å². The molecule has 3 fully saturated rings. The molecule has 69 heavy (non-hydrogen) atoms. The number of thioether (sulfide) groups is 3. The molecule has 0 amide bonds. The third kappa shape index (κ3) is 11.7. The van der Waals surface area contributed by atoms with Crippen molar-refractivity contribution in [1.82, 2.24) is 45.0 Å². The Morgan fingerprint density at radius 1 is 0.435 bits per heavy atom. The Bertz CT molecular complexity index is 2010. The molecule has 384 valence electrons. The van der Waals surface area contributed by atoms with Gasteiger partial charge in [-0.3, -0.25) is 0 Å². The smallest absolute Gasteiger partial charge is 0.136 e. The molecule has 0 saturated carbocycles. The van der Waals surface area contributed by atoms with E-state index in [4.69, 9.17) is 28.4 Å². The molecule has 0 bridgehead atoms. The summed E-state index contributed by atoms with van der Waals surface area (Å²) in [5.41, 5.74) is -0.158. The van der Waals surface area contributed by atoms with Gasteiger partial charge in [-0.2, -0.15) is 0 Å². The Balaban J connectivity index is 1.16. The first-order valence-electron chi connectivity index (χ1n) is 21.4. The normalized spacial score (nSPS) is 31.8. The highest BCUT2D eigenvalue weighted by atomic mass is 32.2. The molecule has 3 aromatic heterocycles. The minimum Gasteiger partial charge on any atom is -0.496 e. The monoisotopic (exact) mass is 1040 g/mol. The largest absolute Gasteiger partial charge is 0.496 e. The van der Waals surface area contributed by atoms with Gasteiger partial charge >= 0.3 is 0 Å². The van der Waals surface area contributed by atoms with Crippen molar-refractivity contribution < 1.29 is 89.7 Å². The summed E-state index contributed by atoms with van der Waals surface area (Å²) in [5.74, 6) is 1.43. The first-order valence-corrected chi connectivity index (χ1v) is 24.5. The number of aliphatic hydroxyl groups excluding tert-OH is 12. The second-order valence-corrected chi connectivity index (χ2v) is 19.5. The fourth-order valence-electron chi connectivity index (χ4n) is 8.08. The third-order valence-corrected chi connectivity index (χ3v) is 15.3. The van der Waals surface area contributed by atoms with Gasteiger partial charge in [0.15, 0.2) is 0 Å². The van der Waals surface area contributed by atoms with Crippen molar-refractivity contribution in [1.29, 1.82) is 0 Å². The Labute approximate surface area is 405 Å². The van der Waals surface area contributed by atoms with Crippen LogP contribution in [0, 0.1) is 0 Å². The molecule has 0 unspecified atom stereocenters. The predicted octanol–water partition coefficient (Wildman–Crippen LogP) is -5.27. The van der Waals surface area contributed by atoms with Gasteiger partial charge in [0.1, 0.15) is 107 Å². The highest BCUT2D eigenvalue weighted by Gasteiger charge is 2.46. The van der Waals surface area contributed by atoms with Crippen LogP contribution in [0.1, 0.15) is 33.8 Å². The van der Waals surface area contributed by atoms with Crippen LogP contribution in [-0.4, -0.2) is 237 Å². The van der Waals surface area contributed by atoms with Gasteiger partial charge < -0.3 is 89.7 Å². The maximum Gasteiger partial charge on any atom is 0.136 e. The summed E-state index contributed by atoms with van der Waals surface area (Å²) in [4.78, 5) is 0. The maximum atomic E-state index is 10.6. The maximum absolute atomic E-state index is 10.6. The predicted molar refractivity (Wildman–Crippen MR) is 239 cm³/mol. The van der Waals surface area contributed by atoms with E-state index >= 15 is 0 Å². The number of rotatable bonds is 21. The molecule has 6 heterocycles. The van der Waals surface area contributed by atoms with Gasteiger partial charge in [0.2, 0.25) is 0 Å². The molecular weight excluding hydrogens is 979 g/mol. The number of ether oxygens (including phenoxy) is 6. The van der Waals surface area contributed by atoms with Crippen molar-refractivity contribution in [3.8, 4) is 17.2 Å². The van der Waals surface area contributed by atoms with E-state index in [0.29, 0.717) is 51.0 Å². The number of hydrogen-bond donors (Lipinski definition) is 12. The molecule has 7 rings (SSSR count). The number of methoxy groups -OCH3 is 3. The molecule has 0 spiro atoms. The van der Waals surface area contributed by atoms with Crippen LogP contribution in [0.15, 0.2) is 18.6 Å². The quantitative estimate of drug-likeness (QED) is 0.0371. The van der Waals surface area contributed by atoms with Crippen molar-refractivity contribution in [2.24, 2.45) is 0 Å². The van der Waals surface area contributed by atoms with Gasteiger partial charge in [-0.05, 0) is 0 Å². The molecular formula is C39H57N9O18S3. The molecule has 3 aliphatic heterocycles. The van der Waals surface area contributed by atoms with Crippen LogP contribution in [0.2, 0.25) is 0 Å². The SMILES string of the molecule is COc1c(Cn2cc(CS[C@H]3O[C@H](CO)[C@@H](O)[C@H](O)[C@@H]3O)nn2)c(OC)c(Cn2cc(CS[C@H]3O[C@H](CO)[C@@H](O)[C@H](O)[C@@H]3O)nn2)c(OC)c1Cn1cc(CS[C@H]2O[C@H](CO)[C@@H](O)[C@H](O)[C@@H]2O)nn1. The molecule has 3 saturated heterocycles. The van der Waals surface area contributed by atoms with E-state index in [9.17, 15) is 61.3 Å². The topological polar surface area (TPSA) is 390 Å². The Kier molecular flexibility index (Phi) is 18.4. The number of benzene rings is 1. The zero-order valence-corrected chi connectivity index (χ0v) is 39.8. The molecule has 0 aliphatic carbocycles. The van der Waals surface area contributed by atoms with Crippen LogP contribution in [-0.2, 0) is 51.1 Å². The van der Waals surface area contributed by atoms with E-state index in [-0.39, 0.29) is 36.9 Å². The van der Waals surface area contributed by atoms with Crippen LogP contribution in [0.3, 0.4) is 0 Å². The molecule has 0 radical (unpaired) electrons. The summed E-state index contributed by atoms with van der Waals surface area (Å²) in [5, 5.41) is 148. The van der Waals surface area contributed by atoms with Crippen molar-refractivity contribution >= 4 is 35.3 Å². The summed E-state index contributed by atoms with van der Waals surface area (Å²) < 4.78 is 39.7. The standard InChI is InChI=1S/C39H57N9O18S3/c1-61-34-19(7-46-4-16(40-43-46)13-67-37-31(58)28(55)25(52)22(10-49)64-37)35(62-2)21(9-48-6-18(42-45-48)15-69-39-33(60)30(57)27(54)24(12-51)66-39)36(63-3)20(34)8-47-5-17(41-44-47)14-68-38-32(59)29(56)26(53)23(11-50)65-38/h4-6,22-33,37-39,49-60H,7-15H2,1-3H3/t22-,23-,24-,25-,26-,27-,28+,29+,30+,31+,32+,33+,37-,38-,39-/m1/s1. The Hall–Kier alpha value is -3.51. The summed E-state index contributed by atoms with van der Waals surface area (Å²) in [7, 11) is 4.39. The molecule has 27 nitrogen and oxygen atoms in total. The highest BCUT2D eigenvalue weighted by Crippen LogP contribution is 2.45. The molecule has 12 N–H and O–H groups in total. The minimum atomic E-state index is -1.54. The van der Waals surface area contributed by atoms with Gasteiger partial charge in [-0.15, -0.1) is 50.6 Å². The number of aromatic nitrogens is 9. The fourth-order valence-corrected chi connectivity index (χ4v) is 11.2. The number of hydrogen-bond acceptors (Lipinski definition) is 27. The van der Waals surface area contributed by atoms with Gasteiger partial charge in [0.05, 0.1) is 94.6 Å². The lowest BCUT2D eigenvalue weighted by Crippen LogP contribution is -2.57. The van der Waals surface area contributed by atoms with E-state index < -0.39 is 109 Å². The molecule has 3 aliphatic rings. The van der Waals surface area contributed by atoms with E-state index in [1.807, 2.05) is 0 Å². The number of aliphatic hydroxyl groups is 12. The van der Waals surface area contributed by atoms with Crippen LogP contribution in [0.5, 0.6) is 17.2 Å². The lowest BCUT2D eigenvalue weighted by Gasteiger charge is -2.39. The zero-order chi connectivity index (χ0) is 49.7. The van der Waals surface area contributed by atoms with Crippen LogP contribution in [0.4, 0.5) is 0 Å². The Morgan fingerprint density at radius 3 is 0.928 bits per heavy atom.